The van der Waals surface area contributed by atoms with Crippen LogP contribution >= 0.6 is 0 Å². The van der Waals surface area contributed by atoms with Crippen LogP contribution < -0.4 is 0 Å². The van der Waals surface area contributed by atoms with Gasteiger partial charge in [-0.2, -0.15) is 0 Å². The molecule has 1 heteroatoms. The third-order valence-electron chi connectivity index (χ3n) is 0.467. The Labute approximate surface area is 45.3 Å². The van der Waals surface area contributed by atoms with Crippen molar-refractivity contribution in [1.82, 2.24) is 4.90 Å². The van der Waals surface area contributed by atoms with E-state index in [0.717, 1.165) is 0 Å². The van der Waals surface area contributed by atoms with E-state index in [0.29, 0.717) is 0 Å². The van der Waals surface area contributed by atoms with Gasteiger partial charge in [0.15, 0.2) is 0 Å². The molecule has 1 radical (unpaired) electrons. The molecule has 7 heavy (non-hydrogen) atoms. The van der Waals surface area contributed by atoms with Gasteiger partial charge in [-0.25, -0.2) is 0 Å². The zero-order valence-electron chi connectivity index (χ0n) is 5.02. The lowest BCUT2D eigenvalue weighted by Gasteiger charge is -1.98. The van der Waals surface area contributed by atoms with E-state index in [9.17, 15) is 0 Å². The average molecular weight is 96.2 g/mol. The molecular weight excluding hydrogens is 86.1 g/mol. The molecule has 39 valence electrons. The molecule has 0 spiro atoms. The highest BCUT2D eigenvalue weighted by Gasteiger charge is 1.78. The Bertz CT molecular complexity index is 84.1. The van der Waals surface area contributed by atoms with Gasteiger partial charge >= 0.3 is 0 Å². The molecule has 0 aromatic carbocycles. The summed E-state index contributed by atoms with van der Waals surface area (Å²) in [6, 6.07) is 0. The van der Waals surface area contributed by atoms with Gasteiger partial charge in [0.1, 0.15) is 0 Å². The van der Waals surface area contributed by atoms with Crippen molar-refractivity contribution in [2.75, 3.05) is 14.1 Å². The number of hydrogen-bond donors (Lipinski definition) is 0. The third kappa shape index (κ3) is 5.52. The first-order valence-electron chi connectivity index (χ1n) is 2.19. The Morgan fingerprint density at radius 3 is 2.14 bits per heavy atom. The fourth-order valence-corrected chi connectivity index (χ4v) is 0.194. The fourth-order valence-electron chi connectivity index (χ4n) is 0.194. The van der Waals surface area contributed by atoms with Gasteiger partial charge in [0, 0.05) is 0 Å². The summed E-state index contributed by atoms with van der Waals surface area (Å²) in [5.74, 6) is 5.55. The van der Waals surface area contributed by atoms with E-state index in [-0.39, 0.29) is 0 Å². The summed E-state index contributed by atoms with van der Waals surface area (Å²) >= 11 is 0. The zero-order chi connectivity index (χ0) is 5.70. The van der Waals surface area contributed by atoms with Crippen LogP contribution in [-0.2, 0) is 0 Å². The minimum absolute atomic E-state index is 1.82. The SMILES string of the molecule is CC#C[CH]N(C)C. The molecule has 0 heterocycles. The van der Waals surface area contributed by atoms with Crippen LogP contribution in [0.25, 0.3) is 0 Å². The van der Waals surface area contributed by atoms with Gasteiger partial charge in [-0.15, -0.1) is 5.92 Å². The fraction of sp³-hybridized carbons (Fsp3) is 0.500. The van der Waals surface area contributed by atoms with Crippen molar-refractivity contribution in [3.8, 4) is 11.8 Å². The largest absolute Gasteiger partial charge is 0.294 e. The van der Waals surface area contributed by atoms with Crippen LogP contribution in [-0.4, -0.2) is 19.0 Å². The molecule has 0 bridgehead atoms. The molecule has 0 saturated heterocycles. The van der Waals surface area contributed by atoms with Crippen LogP contribution in [0.4, 0.5) is 0 Å². The van der Waals surface area contributed by atoms with Crippen LogP contribution in [0.15, 0.2) is 0 Å². The minimum atomic E-state index is 1.82. The maximum atomic E-state index is 2.80. The van der Waals surface area contributed by atoms with Crippen molar-refractivity contribution in [3.05, 3.63) is 6.54 Å². The standard InChI is InChI=1S/C6H10N/c1-4-5-6-7(2)3/h6H,1-3H3. The molecule has 0 atom stereocenters. The van der Waals surface area contributed by atoms with E-state index in [1.807, 2.05) is 32.5 Å². The summed E-state index contributed by atoms with van der Waals surface area (Å²) in [7, 11) is 3.90. The summed E-state index contributed by atoms with van der Waals surface area (Å²) in [4.78, 5) is 1.91. The van der Waals surface area contributed by atoms with Crippen LogP contribution in [0.1, 0.15) is 6.92 Å². The molecule has 0 amide bonds. The van der Waals surface area contributed by atoms with E-state index in [2.05, 4.69) is 11.8 Å². The molecule has 0 fully saturated rings. The number of rotatable bonds is 1. The van der Waals surface area contributed by atoms with Crippen LogP contribution in [0.5, 0.6) is 0 Å². The Morgan fingerprint density at radius 2 is 2.00 bits per heavy atom. The first-order chi connectivity index (χ1) is 3.27. The molecule has 0 N–H and O–H groups in total. The van der Waals surface area contributed by atoms with Crippen LogP contribution in [0.2, 0.25) is 0 Å². The van der Waals surface area contributed by atoms with Gasteiger partial charge in [-0.05, 0) is 21.0 Å². The van der Waals surface area contributed by atoms with E-state index in [1.54, 1.807) is 0 Å². The second-order valence-corrected chi connectivity index (χ2v) is 1.49. The molecule has 0 aliphatic carbocycles. The molecular formula is C6H10N. The number of nitrogens with zero attached hydrogens (tertiary/aromatic N) is 1. The van der Waals surface area contributed by atoms with Crippen molar-refractivity contribution in [2.24, 2.45) is 0 Å². The van der Waals surface area contributed by atoms with Gasteiger partial charge in [0.2, 0.25) is 0 Å². The maximum Gasteiger partial charge on any atom is 0.0981 e. The lowest BCUT2D eigenvalue weighted by atomic mass is 10.6. The molecule has 0 rings (SSSR count). The Morgan fingerprint density at radius 1 is 1.43 bits per heavy atom. The first kappa shape index (κ1) is 6.52. The monoisotopic (exact) mass is 96.1 g/mol. The highest BCUT2D eigenvalue weighted by molar-refractivity contribution is 5.05. The first-order valence-corrected chi connectivity index (χ1v) is 2.19. The summed E-state index contributed by atoms with van der Waals surface area (Å²) < 4.78 is 0. The Balaban J connectivity index is 3.08. The summed E-state index contributed by atoms with van der Waals surface area (Å²) in [5, 5.41) is 0. The van der Waals surface area contributed by atoms with Crippen molar-refractivity contribution in [1.29, 1.82) is 0 Å². The van der Waals surface area contributed by atoms with E-state index in [1.165, 1.54) is 0 Å². The molecule has 1 nitrogen and oxygen atoms in total. The van der Waals surface area contributed by atoms with Gasteiger partial charge in [-0.1, -0.05) is 5.92 Å². The van der Waals surface area contributed by atoms with Crippen molar-refractivity contribution in [2.45, 2.75) is 6.92 Å². The van der Waals surface area contributed by atoms with Gasteiger partial charge < -0.3 is 0 Å². The smallest absolute Gasteiger partial charge is 0.0981 e. The second-order valence-electron chi connectivity index (χ2n) is 1.49. The normalized spacial score (nSPS) is 8.00. The minimum Gasteiger partial charge on any atom is -0.294 e. The Hall–Kier alpha value is -0.480. The predicted molar refractivity (Wildman–Crippen MR) is 31.4 cm³/mol. The maximum absolute atomic E-state index is 2.80. The zero-order valence-corrected chi connectivity index (χ0v) is 5.02. The van der Waals surface area contributed by atoms with Crippen LogP contribution in [0.3, 0.4) is 0 Å². The van der Waals surface area contributed by atoms with Crippen molar-refractivity contribution < 1.29 is 0 Å². The van der Waals surface area contributed by atoms with E-state index in [4.69, 9.17) is 0 Å². The average Bonchev–Trinajstić information content (AvgIpc) is 1.61. The predicted octanol–water partition coefficient (Wildman–Crippen LogP) is 0.733. The molecule has 0 aromatic heterocycles. The highest BCUT2D eigenvalue weighted by Crippen LogP contribution is 1.75. The molecule has 0 unspecified atom stereocenters. The molecule has 0 aliphatic rings. The quantitative estimate of drug-likeness (QED) is 0.435. The van der Waals surface area contributed by atoms with Gasteiger partial charge in [0.25, 0.3) is 0 Å². The molecule has 0 saturated carbocycles. The third-order valence-corrected chi connectivity index (χ3v) is 0.467. The van der Waals surface area contributed by atoms with Gasteiger partial charge in [-0.3, -0.25) is 4.90 Å². The summed E-state index contributed by atoms with van der Waals surface area (Å²) in [5.41, 5.74) is 0. The van der Waals surface area contributed by atoms with E-state index < -0.39 is 0 Å². The highest BCUT2D eigenvalue weighted by atomic mass is 15.0. The van der Waals surface area contributed by atoms with Gasteiger partial charge in [0.05, 0.1) is 6.54 Å². The second kappa shape index (κ2) is 3.70. The van der Waals surface area contributed by atoms with Crippen molar-refractivity contribution in [3.63, 3.8) is 0 Å². The Kier molecular flexibility index (Phi) is 3.45. The van der Waals surface area contributed by atoms with E-state index >= 15 is 0 Å². The summed E-state index contributed by atoms with van der Waals surface area (Å²) in [6.07, 6.45) is 0. The van der Waals surface area contributed by atoms with Crippen molar-refractivity contribution >= 4 is 0 Å². The number of hydrogen-bond acceptors (Lipinski definition) is 1. The molecule has 0 aliphatic heterocycles. The molecule has 0 aromatic rings. The lowest BCUT2D eigenvalue weighted by molar-refractivity contribution is 0.527. The van der Waals surface area contributed by atoms with Crippen LogP contribution in [0, 0.1) is 18.4 Å². The topological polar surface area (TPSA) is 3.24 Å². The summed E-state index contributed by atoms with van der Waals surface area (Å²) in [6.45, 7) is 3.64. The lowest BCUT2D eigenvalue weighted by Crippen LogP contribution is -2.04.